The standard InChI is InChI=1S/C25H23ClNO6PS/c1-4-33-25(28)23-24(34(32-3)19-10-8-9-18(16-19)31-2)21-15-17(26)13-14-22(21)27(23)35(29,30)20-11-6-5-7-12-20/h5-16H,4H2,1-3H3. The van der Waals surface area contributed by atoms with Gasteiger partial charge in [0.05, 0.1) is 32.3 Å². The summed E-state index contributed by atoms with van der Waals surface area (Å²) >= 11 is 6.34. The molecule has 0 aliphatic heterocycles. The van der Waals surface area contributed by atoms with E-state index in [9.17, 15) is 13.2 Å². The van der Waals surface area contributed by atoms with Gasteiger partial charge in [0.1, 0.15) is 5.75 Å². The van der Waals surface area contributed by atoms with Crippen LogP contribution < -0.4 is 15.3 Å². The number of fused-ring (bicyclic) bond motifs is 1. The molecule has 0 spiro atoms. The van der Waals surface area contributed by atoms with Crippen molar-refractivity contribution in [3.8, 4) is 5.75 Å². The van der Waals surface area contributed by atoms with E-state index in [4.69, 9.17) is 25.6 Å². The lowest BCUT2D eigenvalue weighted by Crippen LogP contribution is -2.26. The maximum atomic E-state index is 13.9. The van der Waals surface area contributed by atoms with Gasteiger partial charge in [-0.3, -0.25) is 0 Å². The van der Waals surface area contributed by atoms with E-state index in [0.717, 1.165) is 9.28 Å². The lowest BCUT2D eigenvalue weighted by molar-refractivity contribution is 0.0520. The second-order valence-corrected chi connectivity index (χ2v) is 11.5. The van der Waals surface area contributed by atoms with Crippen LogP contribution in [0.4, 0.5) is 0 Å². The number of carbonyl (C=O) groups excluding carboxylic acids is 1. The fourth-order valence-corrected chi connectivity index (χ4v) is 7.49. The molecule has 0 saturated heterocycles. The van der Waals surface area contributed by atoms with Gasteiger partial charge in [-0.2, -0.15) is 0 Å². The van der Waals surface area contributed by atoms with Crippen LogP contribution in [-0.4, -0.2) is 39.2 Å². The van der Waals surface area contributed by atoms with Gasteiger partial charge in [0.2, 0.25) is 0 Å². The number of aromatic nitrogens is 1. The van der Waals surface area contributed by atoms with Gasteiger partial charge in [-0.1, -0.05) is 41.9 Å². The molecule has 0 bridgehead atoms. The number of rotatable bonds is 8. The van der Waals surface area contributed by atoms with Crippen molar-refractivity contribution < 1.29 is 27.2 Å². The summed E-state index contributed by atoms with van der Waals surface area (Å²) in [6.07, 6.45) is 0. The predicted octanol–water partition coefficient (Wildman–Crippen LogP) is 4.71. The van der Waals surface area contributed by atoms with Crippen LogP contribution >= 0.6 is 19.7 Å². The number of carbonyl (C=O) groups is 1. The Morgan fingerprint density at radius 2 is 1.74 bits per heavy atom. The van der Waals surface area contributed by atoms with Gasteiger partial charge in [0.15, 0.2) is 5.69 Å². The number of halogens is 1. The Hall–Kier alpha value is -2.90. The van der Waals surface area contributed by atoms with E-state index < -0.39 is 24.1 Å². The summed E-state index contributed by atoms with van der Waals surface area (Å²) in [5.41, 5.74) is 0.174. The zero-order valence-electron chi connectivity index (χ0n) is 19.3. The monoisotopic (exact) mass is 531 g/mol. The molecule has 0 saturated carbocycles. The number of hydrogen-bond acceptors (Lipinski definition) is 6. The highest BCUT2D eigenvalue weighted by atomic mass is 35.5. The Bertz CT molecular complexity index is 1490. The molecule has 0 aliphatic carbocycles. The molecule has 0 aliphatic rings. The minimum absolute atomic E-state index is 0.0343. The van der Waals surface area contributed by atoms with Crippen LogP contribution in [-0.2, 0) is 19.3 Å². The molecule has 1 aromatic heterocycles. The molecule has 7 nitrogen and oxygen atoms in total. The fraction of sp³-hybridized carbons (Fsp3) is 0.160. The van der Waals surface area contributed by atoms with Crippen molar-refractivity contribution in [3.63, 3.8) is 0 Å². The first-order chi connectivity index (χ1) is 16.8. The smallest absolute Gasteiger partial charge is 0.356 e. The van der Waals surface area contributed by atoms with Crippen molar-refractivity contribution in [1.82, 2.24) is 3.97 Å². The molecular weight excluding hydrogens is 509 g/mol. The summed E-state index contributed by atoms with van der Waals surface area (Å²) in [5.74, 6) is -0.176. The maximum absolute atomic E-state index is 13.9. The second kappa shape index (κ2) is 10.4. The van der Waals surface area contributed by atoms with Crippen LogP contribution in [0.15, 0.2) is 77.7 Å². The van der Waals surface area contributed by atoms with Crippen molar-refractivity contribution in [2.24, 2.45) is 0 Å². The third kappa shape index (κ3) is 4.67. The number of methoxy groups -OCH3 is 1. The number of hydrogen-bond donors (Lipinski definition) is 0. The highest BCUT2D eigenvalue weighted by molar-refractivity contribution is 7.90. The molecule has 4 rings (SSSR count). The van der Waals surface area contributed by atoms with E-state index in [0.29, 0.717) is 27.0 Å². The zero-order chi connectivity index (χ0) is 25.2. The number of nitrogens with zero attached hydrogens (tertiary/aromatic N) is 1. The minimum Gasteiger partial charge on any atom is -0.497 e. The lowest BCUT2D eigenvalue weighted by Gasteiger charge is -2.18. The van der Waals surface area contributed by atoms with E-state index in [1.165, 1.54) is 19.2 Å². The topological polar surface area (TPSA) is 83.8 Å². The van der Waals surface area contributed by atoms with Gasteiger partial charge >= 0.3 is 5.97 Å². The molecule has 0 fully saturated rings. The summed E-state index contributed by atoms with van der Waals surface area (Å²) in [7, 11) is -2.79. The number of ether oxygens (including phenoxy) is 2. The van der Waals surface area contributed by atoms with Crippen molar-refractivity contribution in [1.29, 1.82) is 0 Å². The Labute approximate surface area is 210 Å². The van der Waals surface area contributed by atoms with Crippen molar-refractivity contribution in [2.75, 3.05) is 20.8 Å². The Morgan fingerprint density at radius 3 is 2.40 bits per heavy atom. The van der Waals surface area contributed by atoms with Crippen molar-refractivity contribution >= 4 is 57.3 Å². The van der Waals surface area contributed by atoms with Crippen LogP contribution in [0.25, 0.3) is 10.9 Å². The molecule has 182 valence electrons. The quantitative estimate of drug-likeness (QED) is 0.242. The van der Waals surface area contributed by atoms with Crippen LogP contribution in [0.5, 0.6) is 5.75 Å². The van der Waals surface area contributed by atoms with Gasteiger partial charge in [0, 0.05) is 28.1 Å². The second-order valence-electron chi connectivity index (χ2n) is 7.34. The summed E-state index contributed by atoms with van der Waals surface area (Å²) in [6.45, 7) is 1.73. The first-order valence-corrected chi connectivity index (χ1v) is 13.7. The number of esters is 1. The Morgan fingerprint density at radius 1 is 1.00 bits per heavy atom. The highest BCUT2D eigenvalue weighted by Crippen LogP contribution is 2.42. The van der Waals surface area contributed by atoms with Crippen LogP contribution in [0.2, 0.25) is 5.02 Å². The molecule has 35 heavy (non-hydrogen) atoms. The summed E-state index contributed by atoms with van der Waals surface area (Å²) in [5, 5.41) is 1.99. The van der Waals surface area contributed by atoms with E-state index >= 15 is 0 Å². The van der Waals surface area contributed by atoms with Gasteiger partial charge in [-0.15, -0.1) is 0 Å². The fourth-order valence-electron chi connectivity index (χ4n) is 3.81. The molecule has 3 aromatic carbocycles. The van der Waals surface area contributed by atoms with E-state index in [1.54, 1.807) is 68.6 Å². The highest BCUT2D eigenvalue weighted by Gasteiger charge is 2.35. The Kier molecular flexibility index (Phi) is 7.47. The third-order valence-corrected chi connectivity index (χ3v) is 9.22. The average Bonchev–Trinajstić information content (AvgIpc) is 3.20. The van der Waals surface area contributed by atoms with Gasteiger partial charge < -0.3 is 14.0 Å². The molecular formula is C25H23ClNO6PS. The van der Waals surface area contributed by atoms with E-state index in [1.807, 2.05) is 6.07 Å². The maximum Gasteiger partial charge on any atom is 0.356 e. The SMILES string of the molecule is CCOC(=O)c1c(P(OC)c2cccc(OC)c2)c2cc(Cl)ccc2n1S(=O)(=O)c1ccccc1. The predicted molar refractivity (Wildman–Crippen MR) is 138 cm³/mol. The summed E-state index contributed by atoms with van der Waals surface area (Å²) in [6, 6.07) is 20.0. The van der Waals surface area contributed by atoms with E-state index in [-0.39, 0.29) is 17.2 Å². The normalized spacial score (nSPS) is 12.5. The van der Waals surface area contributed by atoms with Gasteiger partial charge in [0.25, 0.3) is 10.0 Å². The molecule has 4 aromatic rings. The van der Waals surface area contributed by atoms with Crippen molar-refractivity contribution in [3.05, 3.63) is 83.5 Å². The molecule has 0 amide bonds. The molecule has 1 atom stereocenters. The molecule has 1 unspecified atom stereocenters. The first kappa shape index (κ1) is 25.2. The van der Waals surface area contributed by atoms with Gasteiger partial charge in [-0.05, 0) is 49.4 Å². The first-order valence-electron chi connectivity index (χ1n) is 10.6. The summed E-state index contributed by atoms with van der Waals surface area (Å²) < 4.78 is 45.5. The molecule has 0 radical (unpaired) electrons. The third-order valence-electron chi connectivity index (χ3n) is 5.28. The Balaban J connectivity index is 2.13. The summed E-state index contributed by atoms with van der Waals surface area (Å²) in [4.78, 5) is 13.4. The van der Waals surface area contributed by atoms with Gasteiger partial charge in [-0.25, -0.2) is 17.2 Å². The molecule has 10 heteroatoms. The minimum atomic E-state index is -4.19. The number of benzene rings is 3. The zero-order valence-corrected chi connectivity index (χ0v) is 21.7. The van der Waals surface area contributed by atoms with Crippen LogP contribution in [0.3, 0.4) is 0 Å². The lowest BCUT2D eigenvalue weighted by atomic mass is 10.2. The molecule has 0 N–H and O–H groups in total. The average molecular weight is 532 g/mol. The van der Waals surface area contributed by atoms with Crippen molar-refractivity contribution in [2.45, 2.75) is 11.8 Å². The van der Waals surface area contributed by atoms with Crippen LogP contribution in [0, 0.1) is 0 Å². The van der Waals surface area contributed by atoms with Crippen LogP contribution in [0.1, 0.15) is 17.4 Å². The van der Waals surface area contributed by atoms with E-state index in [2.05, 4.69) is 0 Å². The largest absolute Gasteiger partial charge is 0.497 e. The molecule has 1 heterocycles.